The van der Waals surface area contributed by atoms with Crippen LogP contribution in [-0.4, -0.2) is 25.3 Å². The van der Waals surface area contributed by atoms with E-state index in [0.29, 0.717) is 6.61 Å². The highest BCUT2D eigenvalue weighted by Gasteiger charge is 2.00. The lowest BCUT2D eigenvalue weighted by molar-refractivity contribution is 0.101. The molecule has 2 aromatic rings. The molecular formula is C17H18O3S. The average Bonchev–Trinajstić information content (AvgIpc) is 2.52. The molecule has 0 aliphatic heterocycles. The molecule has 21 heavy (non-hydrogen) atoms. The molecule has 110 valence electrons. The molecule has 2 aromatic carbocycles. The fourth-order valence-corrected chi connectivity index (χ4v) is 2.53. The summed E-state index contributed by atoms with van der Waals surface area (Å²) in [6, 6.07) is 15.2. The normalized spacial score (nSPS) is 10.2. The Balaban J connectivity index is 1.77. The highest BCUT2D eigenvalue weighted by Crippen LogP contribution is 2.21. The van der Waals surface area contributed by atoms with Crippen LogP contribution in [0.3, 0.4) is 0 Å². The first-order valence-corrected chi connectivity index (χ1v) is 7.68. The zero-order valence-electron chi connectivity index (χ0n) is 12.2. The molecule has 0 aliphatic rings. The fraction of sp³-hybridized carbons (Fsp3) is 0.235. The molecule has 0 unspecified atom stereocenters. The second-order valence-electron chi connectivity index (χ2n) is 4.46. The third kappa shape index (κ3) is 4.83. The Morgan fingerprint density at radius 1 is 1.10 bits per heavy atom. The van der Waals surface area contributed by atoms with Gasteiger partial charge in [-0.25, -0.2) is 0 Å². The lowest BCUT2D eigenvalue weighted by Gasteiger charge is -2.07. The monoisotopic (exact) mass is 302 g/mol. The summed E-state index contributed by atoms with van der Waals surface area (Å²) >= 11 is 1.70. The van der Waals surface area contributed by atoms with Gasteiger partial charge < -0.3 is 9.47 Å². The van der Waals surface area contributed by atoms with Gasteiger partial charge in [-0.2, -0.15) is 0 Å². The topological polar surface area (TPSA) is 35.5 Å². The van der Waals surface area contributed by atoms with Crippen molar-refractivity contribution in [2.75, 3.05) is 19.5 Å². The molecule has 0 saturated carbocycles. The molecule has 0 radical (unpaired) electrons. The summed E-state index contributed by atoms with van der Waals surface area (Å²) in [6.45, 7) is 2.19. The number of thioether (sulfide) groups is 1. The molecular weight excluding hydrogens is 284 g/mol. The molecule has 0 fully saturated rings. The van der Waals surface area contributed by atoms with Crippen LogP contribution in [0.5, 0.6) is 11.5 Å². The lowest BCUT2D eigenvalue weighted by Crippen LogP contribution is -2.00. The van der Waals surface area contributed by atoms with Crippen molar-refractivity contribution in [1.29, 1.82) is 0 Å². The molecule has 0 aromatic heterocycles. The van der Waals surface area contributed by atoms with Crippen LogP contribution in [0.2, 0.25) is 0 Å². The molecule has 3 nitrogen and oxygen atoms in total. The summed E-state index contributed by atoms with van der Waals surface area (Å²) in [5, 5.41) is 0. The van der Waals surface area contributed by atoms with Crippen molar-refractivity contribution in [1.82, 2.24) is 0 Å². The van der Waals surface area contributed by atoms with Gasteiger partial charge in [0.05, 0.1) is 13.7 Å². The summed E-state index contributed by atoms with van der Waals surface area (Å²) in [7, 11) is 1.64. The predicted molar refractivity (Wildman–Crippen MR) is 85.7 cm³/mol. The van der Waals surface area contributed by atoms with E-state index in [1.807, 2.05) is 48.5 Å². The zero-order chi connectivity index (χ0) is 15.1. The van der Waals surface area contributed by atoms with E-state index >= 15 is 0 Å². The van der Waals surface area contributed by atoms with Gasteiger partial charge in [-0.05, 0) is 31.2 Å². The third-order valence-corrected chi connectivity index (χ3v) is 3.90. The number of rotatable bonds is 7. The molecule has 0 saturated heterocycles. The number of carbonyl (C=O) groups is 1. The summed E-state index contributed by atoms with van der Waals surface area (Å²) in [5.41, 5.74) is 0.743. The Labute approximate surface area is 129 Å². The van der Waals surface area contributed by atoms with Crippen LogP contribution in [0.25, 0.3) is 0 Å². The molecule has 0 atom stereocenters. The molecule has 0 aliphatic carbocycles. The quantitative estimate of drug-likeness (QED) is 0.439. The minimum absolute atomic E-state index is 0.0907. The first-order chi connectivity index (χ1) is 10.2. The molecule has 0 spiro atoms. The molecule has 0 N–H and O–H groups in total. The Morgan fingerprint density at radius 2 is 1.81 bits per heavy atom. The second kappa shape index (κ2) is 7.74. The second-order valence-corrected chi connectivity index (χ2v) is 5.62. The van der Waals surface area contributed by atoms with Gasteiger partial charge in [0, 0.05) is 22.3 Å². The van der Waals surface area contributed by atoms with Crippen LogP contribution in [0.1, 0.15) is 17.3 Å². The maximum atomic E-state index is 11.2. The number of Topliss-reactive ketones (excluding diaryl/α,β-unsaturated/α-hetero) is 1. The maximum absolute atomic E-state index is 11.2. The number of carbonyl (C=O) groups excluding carboxylic acids is 1. The van der Waals surface area contributed by atoms with Gasteiger partial charge in [0.1, 0.15) is 11.5 Å². The van der Waals surface area contributed by atoms with Gasteiger partial charge >= 0.3 is 0 Å². The average molecular weight is 302 g/mol. The number of hydrogen-bond donors (Lipinski definition) is 0. The van der Waals surface area contributed by atoms with Gasteiger partial charge in [0.2, 0.25) is 0 Å². The van der Waals surface area contributed by atoms with E-state index < -0.39 is 0 Å². The Morgan fingerprint density at radius 3 is 2.48 bits per heavy atom. The van der Waals surface area contributed by atoms with E-state index in [0.717, 1.165) is 27.7 Å². The van der Waals surface area contributed by atoms with E-state index in [1.54, 1.807) is 25.8 Å². The highest BCUT2D eigenvalue weighted by atomic mass is 32.2. The summed E-state index contributed by atoms with van der Waals surface area (Å²) in [5.74, 6) is 2.53. The van der Waals surface area contributed by atoms with Crippen molar-refractivity contribution in [3.8, 4) is 11.5 Å². The molecule has 4 heteroatoms. The zero-order valence-corrected chi connectivity index (χ0v) is 13.0. The summed E-state index contributed by atoms with van der Waals surface area (Å²) in [4.78, 5) is 12.3. The van der Waals surface area contributed by atoms with Crippen LogP contribution in [-0.2, 0) is 0 Å². The van der Waals surface area contributed by atoms with Crippen molar-refractivity contribution >= 4 is 17.5 Å². The number of hydrogen-bond acceptors (Lipinski definition) is 4. The van der Waals surface area contributed by atoms with Crippen molar-refractivity contribution in [3.05, 3.63) is 54.1 Å². The van der Waals surface area contributed by atoms with Crippen molar-refractivity contribution in [2.24, 2.45) is 0 Å². The molecule has 0 amide bonds. The lowest BCUT2D eigenvalue weighted by atomic mass is 10.2. The van der Waals surface area contributed by atoms with E-state index in [4.69, 9.17) is 9.47 Å². The highest BCUT2D eigenvalue weighted by molar-refractivity contribution is 7.99. The van der Waals surface area contributed by atoms with Crippen molar-refractivity contribution in [2.45, 2.75) is 11.8 Å². The van der Waals surface area contributed by atoms with E-state index in [1.165, 1.54) is 0 Å². The summed E-state index contributed by atoms with van der Waals surface area (Å²) < 4.78 is 10.8. The van der Waals surface area contributed by atoms with Gasteiger partial charge in [-0.1, -0.05) is 18.2 Å². The van der Waals surface area contributed by atoms with Gasteiger partial charge in [0.25, 0.3) is 0 Å². The Hall–Kier alpha value is -1.94. The Kier molecular flexibility index (Phi) is 5.69. The fourth-order valence-electron chi connectivity index (χ4n) is 1.80. The van der Waals surface area contributed by atoms with E-state index in [2.05, 4.69) is 0 Å². The van der Waals surface area contributed by atoms with Crippen LogP contribution < -0.4 is 9.47 Å². The summed E-state index contributed by atoms with van der Waals surface area (Å²) in [6.07, 6.45) is 0. The van der Waals surface area contributed by atoms with E-state index in [9.17, 15) is 4.79 Å². The van der Waals surface area contributed by atoms with Gasteiger partial charge in [-0.15, -0.1) is 11.8 Å². The predicted octanol–water partition coefficient (Wildman–Crippen LogP) is 4.07. The van der Waals surface area contributed by atoms with E-state index in [-0.39, 0.29) is 5.78 Å². The smallest absolute Gasteiger partial charge is 0.159 e. The molecule has 0 heterocycles. The minimum atomic E-state index is 0.0907. The Bertz CT molecular complexity index is 593. The number of methoxy groups -OCH3 is 1. The number of ketones is 1. The largest absolute Gasteiger partial charge is 0.497 e. The number of ether oxygens (including phenoxy) is 2. The molecule has 0 bridgehead atoms. The van der Waals surface area contributed by atoms with Crippen LogP contribution in [0.4, 0.5) is 0 Å². The van der Waals surface area contributed by atoms with Gasteiger partial charge in [-0.3, -0.25) is 4.79 Å². The van der Waals surface area contributed by atoms with Crippen LogP contribution >= 0.6 is 11.8 Å². The first-order valence-electron chi connectivity index (χ1n) is 6.69. The SMILES string of the molecule is COc1cccc(OCCSc2ccc(C(C)=O)cc2)c1. The molecule has 2 rings (SSSR count). The number of benzene rings is 2. The van der Waals surface area contributed by atoms with Crippen LogP contribution in [0, 0.1) is 0 Å². The first kappa shape index (κ1) is 15.4. The maximum Gasteiger partial charge on any atom is 0.159 e. The third-order valence-electron chi connectivity index (χ3n) is 2.92. The minimum Gasteiger partial charge on any atom is -0.497 e. The van der Waals surface area contributed by atoms with Crippen molar-refractivity contribution in [3.63, 3.8) is 0 Å². The standard InChI is InChI=1S/C17H18O3S/c1-13(18)14-6-8-17(9-7-14)21-11-10-20-16-5-3-4-15(12-16)19-2/h3-9,12H,10-11H2,1-2H3. The van der Waals surface area contributed by atoms with Crippen LogP contribution in [0.15, 0.2) is 53.4 Å². The van der Waals surface area contributed by atoms with Gasteiger partial charge in [0.15, 0.2) is 5.78 Å². The van der Waals surface area contributed by atoms with Crippen molar-refractivity contribution < 1.29 is 14.3 Å².